The van der Waals surface area contributed by atoms with Crippen molar-refractivity contribution in [1.82, 2.24) is 9.88 Å². The van der Waals surface area contributed by atoms with Gasteiger partial charge in [0.1, 0.15) is 5.82 Å². The van der Waals surface area contributed by atoms with Crippen molar-refractivity contribution in [2.24, 2.45) is 0 Å². The lowest BCUT2D eigenvalue weighted by Crippen LogP contribution is -2.21. The van der Waals surface area contributed by atoms with Gasteiger partial charge in [-0.2, -0.15) is 0 Å². The molecule has 0 bridgehead atoms. The molecular formula is C19H20ClFN2. The summed E-state index contributed by atoms with van der Waals surface area (Å²) in [6.07, 6.45) is 2.09. The number of para-hydroxylation sites is 1. The van der Waals surface area contributed by atoms with Crippen LogP contribution in [0.25, 0.3) is 10.9 Å². The molecule has 3 aromatic rings. The van der Waals surface area contributed by atoms with Gasteiger partial charge in [-0.1, -0.05) is 49.7 Å². The number of benzene rings is 2. The van der Waals surface area contributed by atoms with Gasteiger partial charge in [0, 0.05) is 40.3 Å². The summed E-state index contributed by atoms with van der Waals surface area (Å²) in [5.41, 5.74) is 2.83. The Labute approximate surface area is 140 Å². The lowest BCUT2D eigenvalue weighted by molar-refractivity contribution is 0.588. The first-order chi connectivity index (χ1) is 11.1. The van der Waals surface area contributed by atoms with E-state index in [2.05, 4.69) is 42.1 Å². The van der Waals surface area contributed by atoms with Gasteiger partial charge in [0.15, 0.2) is 0 Å². The first-order valence-corrected chi connectivity index (χ1v) is 8.17. The molecule has 0 radical (unpaired) electrons. The van der Waals surface area contributed by atoms with Crippen LogP contribution in [0.1, 0.15) is 25.0 Å². The summed E-state index contributed by atoms with van der Waals surface area (Å²) < 4.78 is 16.2. The van der Waals surface area contributed by atoms with Crippen LogP contribution in [0.2, 0.25) is 5.02 Å². The number of halogens is 2. The van der Waals surface area contributed by atoms with E-state index in [4.69, 9.17) is 11.6 Å². The fourth-order valence-electron chi connectivity index (χ4n) is 2.76. The van der Waals surface area contributed by atoms with Crippen molar-refractivity contribution in [3.8, 4) is 0 Å². The number of hydrogen-bond donors (Lipinski definition) is 1. The molecular weight excluding hydrogens is 311 g/mol. The quantitative estimate of drug-likeness (QED) is 0.698. The van der Waals surface area contributed by atoms with E-state index in [-0.39, 0.29) is 5.82 Å². The van der Waals surface area contributed by atoms with Crippen molar-refractivity contribution in [2.45, 2.75) is 33.0 Å². The maximum Gasteiger partial charge on any atom is 0.129 e. The summed E-state index contributed by atoms with van der Waals surface area (Å²) in [4.78, 5) is 0. The van der Waals surface area contributed by atoms with Crippen LogP contribution in [0.15, 0.2) is 48.7 Å². The molecule has 0 saturated carbocycles. The number of aromatic nitrogens is 1. The van der Waals surface area contributed by atoms with Gasteiger partial charge in [0.2, 0.25) is 0 Å². The molecule has 0 aliphatic rings. The Morgan fingerprint density at radius 3 is 2.65 bits per heavy atom. The summed E-state index contributed by atoms with van der Waals surface area (Å²) in [7, 11) is 0. The topological polar surface area (TPSA) is 17.0 Å². The van der Waals surface area contributed by atoms with E-state index in [9.17, 15) is 4.39 Å². The average Bonchev–Trinajstić information content (AvgIpc) is 2.87. The summed E-state index contributed by atoms with van der Waals surface area (Å²) in [5.74, 6) is -0.267. The molecule has 1 heterocycles. The molecule has 0 aliphatic heterocycles. The number of rotatable bonds is 5. The summed E-state index contributed by atoms with van der Waals surface area (Å²) in [5, 5.41) is 5.09. The molecule has 0 aliphatic carbocycles. The molecule has 0 amide bonds. The van der Waals surface area contributed by atoms with Crippen LogP contribution in [-0.4, -0.2) is 10.6 Å². The van der Waals surface area contributed by atoms with Gasteiger partial charge in [0.25, 0.3) is 0 Å². The minimum atomic E-state index is -0.267. The van der Waals surface area contributed by atoms with Crippen LogP contribution >= 0.6 is 11.6 Å². The lowest BCUT2D eigenvalue weighted by Gasteiger charge is -2.08. The second kappa shape index (κ2) is 6.73. The second-order valence-corrected chi connectivity index (χ2v) is 6.44. The third kappa shape index (κ3) is 3.41. The first kappa shape index (κ1) is 16.0. The highest BCUT2D eigenvalue weighted by molar-refractivity contribution is 6.31. The summed E-state index contributed by atoms with van der Waals surface area (Å²) >= 11 is 6.17. The number of nitrogens with zero attached hydrogens (tertiary/aromatic N) is 1. The highest BCUT2D eigenvalue weighted by Gasteiger charge is 2.12. The van der Waals surface area contributed by atoms with Crippen molar-refractivity contribution in [1.29, 1.82) is 0 Å². The van der Waals surface area contributed by atoms with Gasteiger partial charge in [-0.3, -0.25) is 0 Å². The Morgan fingerprint density at radius 1 is 1.13 bits per heavy atom. The zero-order valence-electron chi connectivity index (χ0n) is 13.3. The van der Waals surface area contributed by atoms with Crippen LogP contribution in [0.5, 0.6) is 0 Å². The van der Waals surface area contributed by atoms with Gasteiger partial charge in [-0.05, 0) is 23.8 Å². The first-order valence-electron chi connectivity index (χ1n) is 7.79. The molecule has 3 rings (SSSR count). The maximum atomic E-state index is 14.1. The van der Waals surface area contributed by atoms with Crippen LogP contribution in [-0.2, 0) is 13.1 Å². The predicted octanol–water partition coefficient (Wildman–Crippen LogP) is 4.98. The Morgan fingerprint density at radius 2 is 1.91 bits per heavy atom. The second-order valence-electron chi connectivity index (χ2n) is 6.04. The standard InChI is InChI=1S/C19H20ClFN2/c1-13(2)22-10-14-11-23(19-9-4-3-6-15(14)19)12-16-17(20)7-5-8-18(16)21/h3-9,11,13,22H,10,12H2,1-2H3. The number of nitrogens with one attached hydrogen (secondary N) is 1. The molecule has 0 saturated heterocycles. The van der Waals surface area contributed by atoms with Gasteiger partial charge in [-0.15, -0.1) is 0 Å². The summed E-state index contributed by atoms with van der Waals surface area (Å²) in [6, 6.07) is 13.4. The van der Waals surface area contributed by atoms with E-state index in [0.29, 0.717) is 23.2 Å². The normalized spacial score (nSPS) is 11.5. The van der Waals surface area contributed by atoms with Crippen LogP contribution in [0.3, 0.4) is 0 Å². The van der Waals surface area contributed by atoms with E-state index < -0.39 is 0 Å². The Bertz CT molecular complexity index is 803. The van der Waals surface area contributed by atoms with Crippen LogP contribution < -0.4 is 5.32 Å². The van der Waals surface area contributed by atoms with Crippen molar-refractivity contribution < 1.29 is 4.39 Å². The van der Waals surface area contributed by atoms with Crippen LogP contribution in [0.4, 0.5) is 4.39 Å². The highest BCUT2D eigenvalue weighted by atomic mass is 35.5. The third-order valence-electron chi connectivity index (χ3n) is 3.96. The zero-order chi connectivity index (χ0) is 16.4. The smallest absolute Gasteiger partial charge is 0.129 e. The van der Waals surface area contributed by atoms with Crippen molar-refractivity contribution in [3.05, 3.63) is 70.6 Å². The molecule has 2 nitrogen and oxygen atoms in total. The summed E-state index contributed by atoms with van der Waals surface area (Å²) in [6.45, 7) is 5.46. The molecule has 1 aromatic heterocycles. The molecule has 120 valence electrons. The van der Waals surface area contributed by atoms with Gasteiger partial charge in [-0.25, -0.2) is 4.39 Å². The fourth-order valence-corrected chi connectivity index (χ4v) is 2.99. The van der Waals surface area contributed by atoms with Gasteiger partial charge >= 0.3 is 0 Å². The van der Waals surface area contributed by atoms with E-state index in [1.807, 2.05) is 12.1 Å². The fraction of sp³-hybridized carbons (Fsp3) is 0.263. The van der Waals surface area contributed by atoms with Crippen molar-refractivity contribution in [3.63, 3.8) is 0 Å². The van der Waals surface area contributed by atoms with E-state index in [1.165, 1.54) is 17.0 Å². The molecule has 23 heavy (non-hydrogen) atoms. The Balaban J connectivity index is 2.01. The van der Waals surface area contributed by atoms with Gasteiger partial charge < -0.3 is 9.88 Å². The molecule has 0 unspecified atom stereocenters. The highest BCUT2D eigenvalue weighted by Crippen LogP contribution is 2.25. The lowest BCUT2D eigenvalue weighted by atomic mass is 10.1. The van der Waals surface area contributed by atoms with E-state index in [0.717, 1.165) is 12.1 Å². The largest absolute Gasteiger partial charge is 0.343 e. The van der Waals surface area contributed by atoms with Crippen LogP contribution in [0, 0.1) is 5.82 Å². The van der Waals surface area contributed by atoms with Gasteiger partial charge in [0.05, 0.1) is 6.54 Å². The van der Waals surface area contributed by atoms with Crippen molar-refractivity contribution >= 4 is 22.5 Å². The molecule has 2 aromatic carbocycles. The average molecular weight is 331 g/mol. The number of fused-ring (bicyclic) bond motifs is 1. The Kier molecular flexibility index (Phi) is 4.69. The number of hydrogen-bond acceptors (Lipinski definition) is 1. The monoisotopic (exact) mass is 330 g/mol. The Hall–Kier alpha value is -1.84. The predicted molar refractivity (Wildman–Crippen MR) is 94.4 cm³/mol. The molecule has 4 heteroatoms. The van der Waals surface area contributed by atoms with E-state index >= 15 is 0 Å². The minimum Gasteiger partial charge on any atom is -0.343 e. The molecule has 0 fully saturated rings. The third-order valence-corrected chi connectivity index (χ3v) is 4.32. The zero-order valence-corrected chi connectivity index (χ0v) is 14.1. The van der Waals surface area contributed by atoms with Crippen molar-refractivity contribution in [2.75, 3.05) is 0 Å². The molecule has 0 atom stereocenters. The SMILES string of the molecule is CC(C)NCc1cn(Cc2c(F)cccc2Cl)c2ccccc12. The molecule has 0 spiro atoms. The molecule has 1 N–H and O–H groups in total. The minimum absolute atomic E-state index is 0.267. The maximum absolute atomic E-state index is 14.1. The van der Waals surface area contributed by atoms with E-state index in [1.54, 1.807) is 12.1 Å².